The number of unbranched alkanes of at least 4 members (excludes halogenated alkanes) is 2. The zero-order chi connectivity index (χ0) is 19.3. The fourth-order valence-corrected chi connectivity index (χ4v) is 4.24. The lowest BCUT2D eigenvalue weighted by atomic mass is 9.66. The van der Waals surface area contributed by atoms with Crippen molar-refractivity contribution in [2.24, 2.45) is 0 Å². The van der Waals surface area contributed by atoms with Gasteiger partial charge in [0.15, 0.2) is 0 Å². The Labute approximate surface area is 164 Å². The summed E-state index contributed by atoms with van der Waals surface area (Å²) < 4.78 is 0. The van der Waals surface area contributed by atoms with Crippen molar-refractivity contribution in [3.63, 3.8) is 0 Å². The average Bonchev–Trinajstić information content (AvgIpc) is 3.01. The molecule has 0 spiro atoms. The molecule has 3 rings (SSSR count). The van der Waals surface area contributed by atoms with Gasteiger partial charge in [0.2, 0.25) is 0 Å². The molecule has 0 aliphatic heterocycles. The number of rotatable bonds is 8. The fraction of sp³-hybridized carbons (Fsp3) is 0.185. The topological polar surface area (TPSA) is 0 Å². The van der Waals surface area contributed by atoms with Crippen LogP contribution in [0.1, 0.15) is 37.3 Å². The molecule has 1 aliphatic carbocycles. The Morgan fingerprint density at radius 3 is 2.07 bits per heavy atom. The maximum absolute atomic E-state index is 4.52. The summed E-state index contributed by atoms with van der Waals surface area (Å²) in [4.78, 5) is 0. The van der Waals surface area contributed by atoms with E-state index in [-0.39, 0.29) is 0 Å². The van der Waals surface area contributed by atoms with Gasteiger partial charge >= 0.3 is 0 Å². The van der Waals surface area contributed by atoms with Crippen LogP contribution in [-0.4, -0.2) is 0 Å². The van der Waals surface area contributed by atoms with Crippen molar-refractivity contribution >= 4 is 0 Å². The molecular weight excluding hydrogens is 324 g/mol. The molecule has 0 saturated carbocycles. The van der Waals surface area contributed by atoms with E-state index in [2.05, 4.69) is 87.3 Å². The van der Waals surface area contributed by atoms with Crippen LogP contribution in [0.5, 0.6) is 0 Å². The molecule has 2 aromatic rings. The van der Waals surface area contributed by atoms with Gasteiger partial charge in [0, 0.05) is 0 Å². The predicted octanol–water partition coefficient (Wildman–Crippen LogP) is 7.55. The second-order valence-electron chi connectivity index (χ2n) is 6.97. The fourth-order valence-electron chi connectivity index (χ4n) is 4.24. The van der Waals surface area contributed by atoms with Crippen LogP contribution in [0.15, 0.2) is 110 Å². The monoisotopic (exact) mass is 352 g/mol. The van der Waals surface area contributed by atoms with E-state index in [0.717, 1.165) is 12.0 Å². The minimum atomic E-state index is -0.401. The quantitative estimate of drug-likeness (QED) is 0.340. The summed E-state index contributed by atoms with van der Waals surface area (Å²) in [5, 5.41) is 0. The van der Waals surface area contributed by atoms with Gasteiger partial charge in [-0.15, -0.1) is 0 Å². The van der Waals surface area contributed by atoms with Crippen molar-refractivity contribution in [1.82, 2.24) is 0 Å². The molecule has 0 nitrogen and oxygen atoms in total. The van der Waals surface area contributed by atoms with Gasteiger partial charge < -0.3 is 0 Å². The summed E-state index contributed by atoms with van der Waals surface area (Å²) in [6.07, 6.45) is 13.6. The molecule has 1 aliphatic rings. The first-order valence-electron chi connectivity index (χ1n) is 9.72. The van der Waals surface area contributed by atoms with Gasteiger partial charge in [-0.25, -0.2) is 0 Å². The molecule has 0 aromatic heterocycles. The molecule has 0 heterocycles. The lowest BCUT2D eigenvalue weighted by Crippen LogP contribution is -2.29. The SMILES string of the molecule is C=C/C=C\C(=C)C1(/C(C=C)=C/CCCC)c2ccccc2-c2ccccc21. The number of allylic oxidation sites excluding steroid dienone is 7. The van der Waals surface area contributed by atoms with Crippen molar-refractivity contribution in [2.45, 2.75) is 31.6 Å². The third-order valence-corrected chi connectivity index (χ3v) is 5.44. The summed E-state index contributed by atoms with van der Waals surface area (Å²) in [5.41, 5.74) is 6.99. The zero-order valence-corrected chi connectivity index (χ0v) is 16.2. The normalized spacial score (nSPS) is 14.6. The van der Waals surface area contributed by atoms with Gasteiger partial charge in [-0.1, -0.05) is 118 Å². The maximum atomic E-state index is 4.52. The Bertz CT molecular complexity index is 875. The van der Waals surface area contributed by atoms with Gasteiger partial charge in [-0.2, -0.15) is 0 Å². The van der Waals surface area contributed by atoms with E-state index in [1.807, 2.05) is 12.2 Å². The van der Waals surface area contributed by atoms with E-state index in [9.17, 15) is 0 Å². The van der Waals surface area contributed by atoms with Crippen molar-refractivity contribution in [1.29, 1.82) is 0 Å². The van der Waals surface area contributed by atoms with Crippen molar-refractivity contribution in [3.05, 3.63) is 121 Å². The first-order valence-corrected chi connectivity index (χ1v) is 9.72. The lowest BCUT2D eigenvalue weighted by Gasteiger charge is -2.35. The first kappa shape index (κ1) is 18.9. The van der Waals surface area contributed by atoms with Gasteiger partial charge in [0.1, 0.15) is 0 Å². The molecular formula is C27H28. The standard InChI is InChI=1S/C27H28/c1-5-8-10-16-22(7-3)27(21(4)15-9-6-2)25-19-13-11-17-23(25)24-18-12-14-20-26(24)27/h6-7,9,11-20H,2-5,8,10H2,1H3/b15-9-,22-16+. The number of hydrogen-bond acceptors (Lipinski definition) is 0. The third kappa shape index (κ3) is 3.06. The van der Waals surface area contributed by atoms with Gasteiger partial charge in [-0.05, 0) is 39.8 Å². The van der Waals surface area contributed by atoms with Crippen LogP contribution in [0, 0.1) is 0 Å². The molecule has 2 aromatic carbocycles. The van der Waals surface area contributed by atoms with E-state index in [0.29, 0.717) is 0 Å². The second-order valence-corrected chi connectivity index (χ2v) is 6.97. The second kappa shape index (κ2) is 8.22. The molecule has 0 radical (unpaired) electrons. The maximum Gasteiger partial charge on any atom is 0.0704 e. The molecule has 0 heteroatoms. The highest BCUT2D eigenvalue weighted by Crippen LogP contribution is 2.56. The Morgan fingerprint density at radius 1 is 0.963 bits per heavy atom. The molecule has 0 N–H and O–H groups in total. The summed E-state index contributed by atoms with van der Waals surface area (Å²) in [7, 11) is 0. The average molecular weight is 353 g/mol. The highest BCUT2D eigenvalue weighted by atomic mass is 14.5. The summed E-state index contributed by atoms with van der Waals surface area (Å²) >= 11 is 0. The van der Waals surface area contributed by atoms with Crippen LogP contribution < -0.4 is 0 Å². The Kier molecular flexibility index (Phi) is 5.76. The highest BCUT2D eigenvalue weighted by Gasteiger charge is 2.46. The number of hydrogen-bond donors (Lipinski definition) is 0. The molecule has 27 heavy (non-hydrogen) atoms. The van der Waals surface area contributed by atoms with E-state index in [1.54, 1.807) is 6.08 Å². The van der Waals surface area contributed by atoms with Gasteiger partial charge in [0.25, 0.3) is 0 Å². The molecule has 0 fully saturated rings. The molecule has 0 amide bonds. The Hall–Kier alpha value is -2.86. The van der Waals surface area contributed by atoms with Gasteiger partial charge in [-0.3, -0.25) is 0 Å². The third-order valence-electron chi connectivity index (χ3n) is 5.44. The predicted molar refractivity (Wildman–Crippen MR) is 119 cm³/mol. The number of benzene rings is 2. The Morgan fingerprint density at radius 2 is 1.56 bits per heavy atom. The summed E-state index contributed by atoms with van der Waals surface area (Å²) in [6, 6.07) is 17.4. The lowest BCUT2D eigenvalue weighted by molar-refractivity contribution is 0.747. The Balaban J connectivity index is 2.35. The summed E-state index contributed by atoms with van der Waals surface area (Å²) in [6.45, 7) is 14.8. The molecule has 136 valence electrons. The van der Waals surface area contributed by atoms with Crippen molar-refractivity contribution in [2.75, 3.05) is 0 Å². The van der Waals surface area contributed by atoms with Crippen molar-refractivity contribution in [3.8, 4) is 11.1 Å². The van der Waals surface area contributed by atoms with E-state index in [1.165, 1.54) is 40.7 Å². The highest BCUT2D eigenvalue weighted by molar-refractivity contribution is 5.86. The first-order chi connectivity index (χ1) is 13.2. The number of fused-ring (bicyclic) bond motifs is 3. The largest absolute Gasteiger partial charge is 0.0991 e. The molecule has 0 unspecified atom stereocenters. The summed E-state index contributed by atoms with van der Waals surface area (Å²) in [5.74, 6) is 0. The van der Waals surface area contributed by atoms with E-state index in [4.69, 9.17) is 0 Å². The van der Waals surface area contributed by atoms with Gasteiger partial charge in [0.05, 0.1) is 5.41 Å². The zero-order valence-electron chi connectivity index (χ0n) is 16.2. The molecule has 0 atom stereocenters. The molecule has 0 saturated heterocycles. The minimum absolute atomic E-state index is 0.401. The smallest absolute Gasteiger partial charge is 0.0704 e. The van der Waals surface area contributed by atoms with Crippen LogP contribution in [0.25, 0.3) is 11.1 Å². The van der Waals surface area contributed by atoms with Crippen LogP contribution in [0.3, 0.4) is 0 Å². The van der Waals surface area contributed by atoms with E-state index >= 15 is 0 Å². The van der Waals surface area contributed by atoms with Crippen LogP contribution in [0.4, 0.5) is 0 Å². The minimum Gasteiger partial charge on any atom is -0.0991 e. The van der Waals surface area contributed by atoms with E-state index < -0.39 is 5.41 Å². The van der Waals surface area contributed by atoms with Crippen LogP contribution in [0.2, 0.25) is 0 Å². The molecule has 0 bridgehead atoms. The van der Waals surface area contributed by atoms with Crippen molar-refractivity contribution < 1.29 is 0 Å². The van der Waals surface area contributed by atoms with Crippen LogP contribution in [-0.2, 0) is 5.41 Å². The van der Waals surface area contributed by atoms with Crippen LogP contribution >= 0.6 is 0 Å².